The lowest BCUT2D eigenvalue weighted by Gasteiger charge is -2.28. The molecule has 2 heterocycles. The Kier molecular flexibility index (Phi) is 6.79. The first-order chi connectivity index (χ1) is 15.5. The number of aryl methyl sites for hydroxylation is 1. The van der Waals surface area contributed by atoms with Crippen molar-refractivity contribution in [3.8, 4) is 5.75 Å². The van der Waals surface area contributed by atoms with Crippen LogP contribution in [-0.4, -0.2) is 68.1 Å². The number of ether oxygens (including phenoxy) is 2. The monoisotopic (exact) mass is 455 g/mol. The molecule has 1 fully saturated rings. The van der Waals surface area contributed by atoms with E-state index in [0.29, 0.717) is 53.9 Å². The molecule has 168 valence electrons. The number of morpholine rings is 1. The van der Waals surface area contributed by atoms with Gasteiger partial charge in [-0.15, -0.1) is 0 Å². The van der Waals surface area contributed by atoms with Crippen LogP contribution in [0.1, 0.15) is 11.1 Å². The first-order valence-corrected chi connectivity index (χ1v) is 10.9. The summed E-state index contributed by atoms with van der Waals surface area (Å²) in [6, 6.07) is 12.6. The summed E-state index contributed by atoms with van der Waals surface area (Å²) in [5.74, 6) is 0.0232. The molecule has 2 aliphatic rings. The Morgan fingerprint density at radius 1 is 1.03 bits per heavy atom. The average molecular weight is 456 g/mol. The average Bonchev–Trinajstić information content (AvgIpc) is 3.04. The van der Waals surface area contributed by atoms with Crippen molar-refractivity contribution in [1.29, 1.82) is 0 Å². The second-order valence-corrected chi connectivity index (χ2v) is 8.19. The van der Waals surface area contributed by atoms with E-state index < -0.39 is 0 Å². The predicted octanol–water partition coefficient (Wildman–Crippen LogP) is 3.18. The van der Waals surface area contributed by atoms with Gasteiger partial charge in [0.05, 0.1) is 25.9 Å². The summed E-state index contributed by atoms with van der Waals surface area (Å²) < 4.78 is 10.6. The van der Waals surface area contributed by atoms with Gasteiger partial charge in [-0.3, -0.25) is 19.4 Å². The molecule has 2 aliphatic heterocycles. The Morgan fingerprint density at radius 3 is 2.41 bits per heavy atom. The van der Waals surface area contributed by atoms with Crippen molar-refractivity contribution in [2.45, 2.75) is 6.92 Å². The molecule has 0 spiro atoms. The summed E-state index contributed by atoms with van der Waals surface area (Å²) in [5, 5.41) is 3.74. The lowest BCUT2D eigenvalue weighted by Crippen LogP contribution is -2.43. The number of rotatable bonds is 7. The summed E-state index contributed by atoms with van der Waals surface area (Å²) in [6.45, 7) is 5.75. The fourth-order valence-corrected chi connectivity index (χ4v) is 3.98. The van der Waals surface area contributed by atoms with Crippen LogP contribution in [0.15, 0.2) is 48.2 Å². The molecule has 32 heavy (non-hydrogen) atoms. The van der Waals surface area contributed by atoms with Crippen LogP contribution in [0.5, 0.6) is 5.75 Å². The minimum atomic E-state index is -0.342. The van der Waals surface area contributed by atoms with E-state index in [1.54, 1.807) is 37.4 Å². The third kappa shape index (κ3) is 4.65. The van der Waals surface area contributed by atoms with Crippen LogP contribution in [0.25, 0.3) is 5.57 Å². The summed E-state index contributed by atoms with van der Waals surface area (Å²) in [4.78, 5) is 30.2. The molecular weight excluding hydrogens is 430 g/mol. The number of imide groups is 1. The van der Waals surface area contributed by atoms with Crippen molar-refractivity contribution in [1.82, 2.24) is 9.80 Å². The molecule has 7 nitrogen and oxygen atoms in total. The quantitative estimate of drug-likeness (QED) is 0.646. The minimum absolute atomic E-state index is 0.252. The number of methoxy groups -OCH3 is 1. The molecule has 2 aromatic carbocycles. The third-order valence-corrected chi connectivity index (χ3v) is 6.14. The van der Waals surface area contributed by atoms with Crippen molar-refractivity contribution in [3.63, 3.8) is 0 Å². The fourth-order valence-electron chi connectivity index (χ4n) is 3.80. The lowest BCUT2D eigenvalue weighted by molar-refractivity contribution is -0.137. The molecular formula is C24H26ClN3O4. The molecule has 0 saturated carbocycles. The number of nitrogens with zero attached hydrogens (tertiary/aromatic N) is 2. The van der Waals surface area contributed by atoms with Crippen LogP contribution in [0.2, 0.25) is 5.02 Å². The molecule has 0 bridgehead atoms. The van der Waals surface area contributed by atoms with Crippen LogP contribution >= 0.6 is 11.6 Å². The Balaban J connectivity index is 1.63. The molecule has 2 amide bonds. The number of amides is 2. The van der Waals surface area contributed by atoms with Gasteiger partial charge in [0, 0.05) is 36.9 Å². The van der Waals surface area contributed by atoms with Crippen molar-refractivity contribution >= 4 is 34.7 Å². The van der Waals surface area contributed by atoms with E-state index in [-0.39, 0.29) is 17.5 Å². The highest BCUT2D eigenvalue weighted by Crippen LogP contribution is 2.32. The van der Waals surface area contributed by atoms with Gasteiger partial charge in [0.15, 0.2) is 0 Å². The fraction of sp³-hybridized carbons (Fsp3) is 0.333. The Morgan fingerprint density at radius 2 is 1.75 bits per heavy atom. The number of halogens is 1. The number of carbonyl (C=O) groups is 2. The molecule has 1 N–H and O–H groups in total. The van der Waals surface area contributed by atoms with Gasteiger partial charge in [0.1, 0.15) is 11.4 Å². The van der Waals surface area contributed by atoms with E-state index in [1.807, 2.05) is 19.1 Å². The standard InChI is InChI=1S/C24H26ClN3O4/c1-16-3-6-18(15-20(16)25)26-22-21(17-4-7-19(31-2)8-5-17)23(29)28(24(22)30)10-9-27-11-13-32-14-12-27/h3-8,15,26H,9-14H2,1-2H3. The van der Waals surface area contributed by atoms with Crippen LogP contribution in [0.4, 0.5) is 5.69 Å². The third-order valence-electron chi connectivity index (χ3n) is 5.73. The van der Waals surface area contributed by atoms with Crippen LogP contribution in [0.3, 0.4) is 0 Å². The van der Waals surface area contributed by atoms with Gasteiger partial charge in [0.25, 0.3) is 11.8 Å². The van der Waals surface area contributed by atoms with E-state index in [9.17, 15) is 9.59 Å². The van der Waals surface area contributed by atoms with Crippen LogP contribution in [-0.2, 0) is 14.3 Å². The molecule has 0 aliphatic carbocycles. The minimum Gasteiger partial charge on any atom is -0.497 e. The van der Waals surface area contributed by atoms with E-state index in [4.69, 9.17) is 21.1 Å². The van der Waals surface area contributed by atoms with E-state index in [1.165, 1.54) is 4.90 Å². The molecule has 0 aromatic heterocycles. The van der Waals surface area contributed by atoms with Crippen molar-refractivity contribution in [2.24, 2.45) is 0 Å². The first-order valence-electron chi connectivity index (χ1n) is 10.6. The topological polar surface area (TPSA) is 71.1 Å². The van der Waals surface area contributed by atoms with Gasteiger partial charge in [-0.05, 0) is 42.3 Å². The molecule has 0 radical (unpaired) electrons. The smallest absolute Gasteiger partial charge is 0.278 e. The summed E-state index contributed by atoms with van der Waals surface area (Å²) in [5.41, 5.74) is 2.83. The zero-order valence-electron chi connectivity index (χ0n) is 18.2. The zero-order chi connectivity index (χ0) is 22.7. The molecule has 2 aromatic rings. The van der Waals surface area contributed by atoms with E-state index in [2.05, 4.69) is 10.2 Å². The summed E-state index contributed by atoms with van der Waals surface area (Å²) in [6.07, 6.45) is 0. The van der Waals surface area contributed by atoms with Gasteiger partial charge in [-0.2, -0.15) is 0 Å². The van der Waals surface area contributed by atoms with Crippen LogP contribution in [0, 0.1) is 6.92 Å². The zero-order valence-corrected chi connectivity index (χ0v) is 18.9. The highest BCUT2D eigenvalue weighted by atomic mass is 35.5. The Bertz CT molecular complexity index is 1050. The van der Waals surface area contributed by atoms with Crippen molar-refractivity contribution < 1.29 is 19.1 Å². The van der Waals surface area contributed by atoms with Crippen molar-refractivity contribution in [2.75, 3.05) is 51.8 Å². The maximum absolute atomic E-state index is 13.4. The molecule has 0 unspecified atom stereocenters. The van der Waals surface area contributed by atoms with Gasteiger partial charge in [0.2, 0.25) is 0 Å². The largest absolute Gasteiger partial charge is 0.497 e. The predicted molar refractivity (Wildman–Crippen MR) is 124 cm³/mol. The van der Waals surface area contributed by atoms with Gasteiger partial charge >= 0.3 is 0 Å². The van der Waals surface area contributed by atoms with E-state index in [0.717, 1.165) is 18.7 Å². The SMILES string of the molecule is COc1ccc(C2=C(Nc3ccc(C)c(Cl)c3)C(=O)N(CCN3CCOCC3)C2=O)cc1. The maximum Gasteiger partial charge on any atom is 0.278 e. The number of hydrogen-bond acceptors (Lipinski definition) is 6. The highest BCUT2D eigenvalue weighted by Gasteiger charge is 2.39. The number of anilines is 1. The molecule has 4 rings (SSSR count). The second-order valence-electron chi connectivity index (χ2n) is 7.78. The summed E-state index contributed by atoms with van der Waals surface area (Å²) >= 11 is 6.27. The highest BCUT2D eigenvalue weighted by molar-refractivity contribution is 6.36. The number of benzene rings is 2. The molecule has 8 heteroatoms. The molecule has 1 saturated heterocycles. The van der Waals surface area contributed by atoms with Crippen LogP contribution < -0.4 is 10.1 Å². The number of carbonyl (C=O) groups excluding carboxylic acids is 2. The number of nitrogens with one attached hydrogen (secondary N) is 1. The van der Waals surface area contributed by atoms with E-state index >= 15 is 0 Å². The van der Waals surface area contributed by atoms with Gasteiger partial charge in [-0.1, -0.05) is 29.8 Å². The number of hydrogen-bond donors (Lipinski definition) is 1. The van der Waals surface area contributed by atoms with Crippen molar-refractivity contribution in [3.05, 3.63) is 64.3 Å². The van der Waals surface area contributed by atoms with Gasteiger partial charge in [-0.25, -0.2) is 0 Å². The Hall–Kier alpha value is -2.87. The maximum atomic E-state index is 13.4. The normalized spacial score (nSPS) is 17.3. The van der Waals surface area contributed by atoms with Gasteiger partial charge < -0.3 is 14.8 Å². The summed E-state index contributed by atoms with van der Waals surface area (Å²) in [7, 11) is 1.58. The Labute approximate surface area is 192 Å². The first kappa shape index (κ1) is 22.3. The lowest BCUT2D eigenvalue weighted by atomic mass is 10.0. The molecule has 0 atom stereocenters. The second kappa shape index (κ2) is 9.73.